The second-order valence-electron chi connectivity index (χ2n) is 8.28. The first-order valence-corrected chi connectivity index (χ1v) is 8.67. The van der Waals surface area contributed by atoms with Gasteiger partial charge in [-0.2, -0.15) is 0 Å². The normalized spacial score (nSPS) is 50.5. The Kier molecular flexibility index (Phi) is 3.17. The third kappa shape index (κ3) is 1.89. The molecule has 5 unspecified atom stereocenters. The molecule has 4 aliphatic rings. The van der Waals surface area contributed by atoms with E-state index in [2.05, 4.69) is 31.1 Å². The average Bonchev–Trinajstić information content (AvgIpc) is 2.83. The van der Waals surface area contributed by atoms with E-state index in [4.69, 9.17) is 4.74 Å². The summed E-state index contributed by atoms with van der Waals surface area (Å²) in [5, 5.41) is 4.06. The number of piperidine rings is 2. The number of rotatable bonds is 2. The van der Waals surface area contributed by atoms with Crippen LogP contribution in [0.5, 0.6) is 0 Å². The molecule has 0 radical (unpaired) electrons. The van der Waals surface area contributed by atoms with Gasteiger partial charge in [0.2, 0.25) is 0 Å². The minimum atomic E-state index is 0.333. The van der Waals surface area contributed by atoms with Crippen LogP contribution < -0.4 is 5.32 Å². The van der Waals surface area contributed by atoms with Crippen molar-refractivity contribution in [2.45, 2.75) is 82.6 Å². The molecule has 114 valence electrons. The molecule has 0 spiro atoms. The first-order valence-electron chi connectivity index (χ1n) is 8.67. The number of hydrogen-bond donors (Lipinski definition) is 1. The molecule has 0 amide bonds. The molecule has 0 aromatic rings. The van der Waals surface area contributed by atoms with E-state index in [1.165, 1.54) is 38.5 Å². The maximum atomic E-state index is 5.93. The fourth-order valence-corrected chi connectivity index (χ4v) is 5.67. The summed E-state index contributed by atoms with van der Waals surface area (Å²) >= 11 is 0. The van der Waals surface area contributed by atoms with Gasteiger partial charge in [-0.1, -0.05) is 20.3 Å². The molecule has 3 aliphatic heterocycles. The summed E-state index contributed by atoms with van der Waals surface area (Å²) in [6.07, 6.45) is 8.77. The summed E-state index contributed by atoms with van der Waals surface area (Å²) in [5.41, 5.74) is 0.333. The van der Waals surface area contributed by atoms with Gasteiger partial charge in [-0.25, -0.2) is 0 Å². The van der Waals surface area contributed by atoms with Crippen molar-refractivity contribution < 1.29 is 4.74 Å². The highest BCUT2D eigenvalue weighted by atomic mass is 16.5. The van der Waals surface area contributed by atoms with Crippen molar-refractivity contribution in [1.82, 2.24) is 10.2 Å². The van der Waals surface area contributed by atoms with Crippen molar-refractivity contribution in [3.8, 4) is 0 Å². The molecule has 5 atom stereocenters. The van der Waals surface area contributed by atoms with Gasteiger partial charge in [0.15, 0.2) is 0 Å². The molecule has 3 heteroatoms. The molecule has 2 bridgehead atoms. The Morgan fingerprint density at radius 1 is 1.10 bits per heavy atom. The standard InChI is InChI=1S/C17H30N2O/c1-17(2)15(14-7-8-20-16(14)17)18-11-9-12-5-4-6-13(10-11)19(12)3/h11-16,18H,4-10H2,1-3H3. The first-order chi connectivity index (χ1) is 9.57. The van der Waals surface area contributed by atoms with Gasteiger partial charge >= 0.3 is 0 Å². The zero-order valence-electron chi connectivity index (χ0n) is 13.3. The second-order valence-corrected chi connectivity index (χ2v) is 8.28. The predicted octanol–water partition coefficient (Wildman–Crippen LogP) is 2.40. The van der Waals surface area contributed by atoms with E-state index in [9.17, 15) is 0 Å². The zero-order valence-corrected chi connectivity index (χ0v) is 13.3. The summed E-state index contributed by atoms with van der Waals surface area (Å²) in [5.74, 6) is 0.782. The Balaban J connectivity index is 1.42. The lowest BCUT2D eigenvalue weighted by Crippen LogP contribution is -2.68. The van der Waals surface area contributed by atoms with Gasteiger partial charge in [0, 0.05) is 42.1 Å². The van der Waals surface area contributed by atoms with Crippen molar-refractivity contribution in [1.29, 1.82) is 0 Å². The zero-order chi connectivity index (χ0) is 13.9. The van der Waals surface area contributed by atoms with E-state index in [-0.39, 0.29) is 0 Å². The monoisotopic (exact) mass is 278 g/mol. The van der Waals surface area contributed by atoms with Crippen molar-refractivity contribution in [3.63, 3.8) is 0 Å². The quantitative estimate of drug-likeness (QED) is 0.839. The Hall–Kier alpha value is -0.120. The van der Waals surface area contributed by atoms with Crippen LogP contribution in [0.1, 0.15) is 52.4 Å². The second kappa shape index (κ2) is 4.69. The highest BCUT2D eigenvalue weighted by molar-refractivity contribution is 5.12. The molecule has 1 saturated carbocycles. The molecule has 4 rings (SSSR count). The first kappa shape index (κ1) is 13.5. The molecule has 3 heterocycles. The Morgan fingerprint density at radius 2 is 1.80 bits per heavy atom. The largest absolute Gasteiger partial charge is 0.377 e. The average molecular weight is 278 g/mol. The molecule has 0 aromatic heterocycles. The Morgan fingerprint density at radius 3 is 2.50 bits per heavy atom. The highest BCUT2D eigenvalue weighted by Crippen LogP contribution is 2.52. The maximum absolute atomic E-state index is 5.93. The van der Waals surface area contributed by atoms with Crippen LogP contribution in [-0.2, 0) is 4.74 Å². The van der Waals surface area contributed by atoms with Crippen LogP contribution in [0.4, 0.5) is 0 Å². The minimum Gasteiger partial charge on any atom is -0.377 e. The predicted molar refractivity (Wildman–Crippen MR) is 80.8 cm³/mol. The summed E-state index contributed by atoms with van der Waals surface area (Å²) in [4.78, 5) is 2.66. The maximum Gasteiger partial charge on any atom is 0.0685 e. The van der Waals surface area contributed by atoms with Crippen LogP contribution in [0.3, 0.4) is 0 Å². The van der Waals surface area contributed by atoms with E-state index in [0.717, 1.165) is 30.7 Å². The third-order valence-electron chi connectivity index (χ3n) is 6.86. The minimum absolute atomic E-state index is 0.333. The van der Waals surface area contributed by atoms with Crippen LogP contribution in [-0.4, -0.2) is 48.8 Å². The summed E-state index contributed by atoms with van der Waals surface area (Å²) < 4.78 is 5.93. The Labute approximate surface area is 123 Å². The Bertz CT molecular complexity index is 369. The molecule has 4 fully saturated rings. The van der Waals surface area contributed by atoms with Gasteiger partial charge in [-0.3, -0.25) is 0 Å². The molecule has 1 aliphatic carbocycles. The summed E-state index contributed by atoms with van der Waals surface area (Å²) in [6, 6.07) is 3.09. The molecule has 0 aromatic carbocycles. The van der Waals surface area contributed by atoms with E-state index in [0.29, 0.717) is 17.6 Å². The van der Waals surface area contributed by atoms with Crippen LogP contribution in [0.25, 0.3) is 0 Å². The lowest BCUT2D eigenvalue weighted by atomic mass is 9.57. The number of ether oxygens (including phenoxy) is 1. The van der Waals surface area contributed by atoms with Crippen LogP contribution in [0, 0.1) is 11.3 Å². The van der Waals surface area contributed by atoms with Crippen LogP contribution in [0.2, 0.25) is 0 Å². The van der Waals surface area contributed by atoms with Crippen LogP contribution in [0.15, 0.2) is 0 Å². The molecule has 3 nitrogen and oxygen atoms in total. The van der Waals surface area contributed by atoms with Gasteiger partial charge in [0.25, 0.3) is 0 Å². The number of nitrogens with one attached hydrogen (secondary N) is 1. The van der Waals surface area contributed by atoms with Crippen molar-refractivity contribution in [2.24, 2.45) is 11.3 Å². The number of hydrogen-bond acceptors (Lipinski definition) is 3. The lowest BCUT2D eigenvalue weighted by Gasteiger charge is -2.57. The molecule has 1 N–H and O–H groups in total. The molecule has 3 saturated heterocycles. The SMILES string of the molecule is CN1C2CCCC1CC(NC1C3CCOC3C1(C)C)C2. The fraction of sp³-hybridized carbons (Fsp3) is 1.00. The van der Waals surface area contributed by atoms with E-state index < -0.39 is 0 Å². The number of nitrogens with zero attached hydrogens (tertiary/aromatic N) is 1. The van der Waals surface area contributed by atoms with E-state index in [1.807, 2.05) is 0 Å². The topological polar surface area (TPSA) is 24.5 Å². The molecule has 20 heavy (non-hydrogen) atoms. The summed E-state index contributed by atoms with van der Waals surface area (Å²) in [6.45, 7) is 5.77. The number of fused-ring (bicyclic) bond motifs is 3. The third-order valence-corrected chi connectivity index (χ3v) is 6.86. The highest BCUT2D eigenvalue weighted by Gasteiger charge is 2.59. The van der Waals surface area contributed by atoms with Gasteiger partial charge in [-0.05, 0) is 39.2 Å². The molecular formula is C17H30N2O. The van der Waals surface area contributed by atoms with Gasteiger partial charge in [-0.15, -0.1) is 0 Å². The smallest absolute Gasteiger partial charge is 0.0685 e. The van der Waals surface area contributed by atoms with Gasteiger partial charge in [0.05, 0.1) is 6.10 Å². The van der Waals surface area contributed by atoms with Crippen LogP contribution >= 0.6 is 0 Å². The van der Waals surface area contributed by atoms with Crippen molar-refractivity contribution >= 4 is 0 Å². The van der Waals surface area contributed by atoms with Crippen molar-refractivity contribution in [2.75, 3.05) is 13.7 Å². The van der Waals surface area contributed by atoms with E-state index >= 15 is 0 Å². The van der Waals surface area contributed by atoms with Gasteiger partial charge < -0.3 is 15.0 Å². The summed E-state index contributed by atoms with van der Waals surface area (Å²) in [7, 11) is 2.35. The van der Waals surface area contributed by atoms with Crippen molar-refractivity contribution in [3.05, 3.63) is 0 Å². The fourth-order valence-electron chi connectivity index (χ4n) is 5.67. The lowest BCUT2D eigenvalue weighted by molar-refractivity contribution is -0.119. The van der Waals surface area contributed by atoms with Gasteiger partial charge in [0.1, 0.15) is 0 Å². The molecular weight excluding hydrogens is 248 g/mol. The van der Waals surface area contributed by atoms with E-state index in [1.54, 1.807) is 0 Å².